The molecule has 3 fully saturated rings. The van der Waals surface area contributed by atoms with Gasteiger partial charge in [-0.1, -0.05) is 0 Å². The standard InChI is InChI=1S/C28H46N6O18/c1-47-25-21(41)19(39)17(37)13(51-25)9-49-27(45)33-11-7-31-15(35)4-6-30-24(44)12(8-32-16(36)3-5-29-23(11)43)34-28(46)50-10-14-18(38)20(40)22(42)26(48-2)52-14/h11-14,17-22,25-26,37-42H,3-10H2,1-2H3,(H,29,43)(H,30,44)(H,31,35)(H,32,36)(H,33,45)(H,34,46)/t11-,12?,13+,14+,17-,18+,19-,20-,21+,22-,25-,26-/m0/s1. The third-order valence-corrected chi connectivity index (χ3v) is 8.09. The van der Waals surface area contributed by atoms with Crippen LogP contribution in [0, 0.1) is 0 Å². The first-order valence-corrected chi connectivity index (χ1v) is 16.1. The number of amides is 6. The Balaban J connectivity index is 1.53. The highest BCUT2D eigenvalue weighted by atomic mass is 16.7. The first-order chi connectivity index (χ1) is 24.7. The average molecular weight is 755 g/mol. The Morgan fingerprint density at radius 1 is 0.615 bits per heavy atom. The molecule has 3 rings (SSSR count). The van der Waals surface area contributed by atoms with Crippen LogP contribution in [0.4, 0.5) is 9.59 Å². The molecule has 24 heteroatoms. The second-order valence-electron chi connectivity index (χ2n) is 11.8. The normalized spacial score (nSPS) is 35.5. The lowest BCUT2D eigenvalue weighted by atomic mass is 9.99. The molecule has 0 aliphatic carbocycles. The van der Waals surface area contributed by atoms with Crippen LogP contribution < -0.4 is 31.9 Å². The van der Waals surface area contributed by atoms with Crippen molar-refractivity contribution in [2.45, 2.75) is 86.3 Å². The summed E-state index contributed by atoms with van der Waals surface area (Å²) < 4.78 is 30.4. The van der Waals surface area contributed by atoms with Gasteiger partial charge in [-0.25, -0.2) is 9.59 Å². The van der Waals surface area contributed by atoms with Crippen LogP contribution in [-0.2, 0) is 47.6 Å². The molecular formula is C28H46N6O18. The molecule has 0 spiro atoms. The third-order valence-electron chi connectivity index (χ3n) is 8.09. The molecule has 12 N–H and O–H groups in total. The van der Waals surface area contributed by atoms with Gasteiger partial charge in [-0.3, -0.25) is 19.2 Å². The largest absolute Gasteiger partial charge is 0.447 e. The summed E-state index contributed by atoms with van der Waals surface area (Å²) in [5, 5.41) is 74.1. The van der Waals surface area contributed by atoms with Crippen molar-refractivity contribution in [3.63, 3.8) is 0 Å². The van der Waals surface area contributed by atoms with Crippen LogP contribution in [0.5, 0.6) is 0 Å². The van der Waals surface area contributed by atoms with Crippen LogP contribution in [-0.4, -0.2) is 194 Å². The molecule has 3 saturated heterocycles. The Morgan fingerprint density at radius 3 is 1.33 bits per heavy atom. The lowest BCUT2D eigenvalue weighted by Gasteiger charge is -2.39. The molecule has 1 unspecified atom stereocenters. The van der Waals surface area contributed by atoms with Gasteiger partial charge in [0.15, 0.2) is 12.6 Å². The van der Waals surface area contributed by atoms with Crippen LogP contribution in [0.25, 0.3) is 0 Å². The molecule has 296 valence electrons. The van der Waals surface area contributed by atoms with Crippen LogP contribution >= 0.6 is 0 Å². The number of carbonyl (C=O) groups excluding carboxylic acids is 6. The van der Waals surface area contributed by atoms with Gasteiger partial charge >= 0.3 is 12.2 Å². The molecule has 0 radical (unpaired) electrons. The summed E-state index contributed by atoms with van der Waals surface area (Å²) in [7, 11) is 2.36. The van der Waals surface area contributed by atoms with Crippen LogP contribution in [0.1, 0.15) is 12.8 Å². The molecule has 0 saturated carbocycles. The number of carbonyl (C=O) groups is 6. The zero-order valence-electron chi connectivity index (χ0n) is 28.2. The molecule has 3 aliphatic heterocycles. The van der Waals surface area contributed by atoms with Crippen molar-refractivity contribution in [2.75, 3.05) is 53.6 Å². The smallest absolute Gasteiger partial charge is 0.407 e. The van der Waals surface area contributed by atoms with Crippen LogP contribution in [0.2, 0.25) is 0 Å². The Morgan fingerprint density at radius 2 is 0.981 bits per heavy atom. The fraction of sp³-hybridized carbons (Fsp3) is 0.786. The highest BCUT2D eigenvalue weighted by Crippen LogP contribution is 2.23. The van der Waals surface area contributed by atoms with E-state index in [1.807, 2.05) is 0 Å². The highest BCUT2D eigenvalue weighted by molar-refractivity contribution is 5.89. The lowest BCUT2D eigenvalue weighted by molar-refractivity contribution is -0.294. The van der Waals surface area contributed by atoms with Gasteiger partial charge in [-0.05, 0) is 0 Å². The van der Waals surface area contributed by atoms with Crippen molar-refractivity contribution in [1.82, 2.24) is 31.9 Å². The molecule has 0 bridgehead atoms. The Kier molecular flexibility index (Phi) is 16.6. The molecule has 52 heavy (non-hydrogen) atoms. The lowest BCUT2D eigenvalue weighted by Crippen LogP contribution is -2.59. The van der Waals surface area contributed by atoms with Crippen molar-refractivity contribution >= 4 is 35.8 Å². The first kappa shape index (κ1) is 42.4. The van der Waals surface area contributed by atoms with Gasteiger partial charge < -0.3 is 91.0 Å². The molecule has 6 amide bonds. The number of nitrogens with one attached hydrogen (secondary N) is 6. The second-order valence-corrected chi connectivity index (χ2v) is 11.8. The van der Waals surface area contributed by atoms with E-state index in [2.05, 4.69) is 31.9 Å². The van der Waals surface area contributed by atoms with Gasteiger partial charge in [0.2, 0.25) is 23.6 Å². The molecule has 3 aliphatic rings. The van der Waals surface area contributed by atoms with Gasteiger partial charge in [0.1, 0.15) is 74.1 Å². The van der Waals surface area contributed by atoms with E-state index in [1.54, 1.807) is 0 Å². The van der Waals surface area contributed by atoms with Crippen molar-refractivity contribution in [3.05, 3.63) is 0 Å². The third kappa shape index (κ3) is 12.0. The number of hydrogen-bond acceptors (Lipinski definition) is 18. The van der Waals surface area contributed by atoms with E-state index in [9.17, 15) is 59.4 Å². The molecule has 3 heterocycles. The molecular weight excluding hydrogens is 708 g/mol. The Bertz CT molecular complexity index is 1150. The number of aliphatic hydroxyl groups excluding tert-OH is 6. The number of ether oxygens (including phenoxy) is 6. The number of methoxy groups -OCH3 is 2. The summed E-state index contributed by atoms with van der Waals surface area (Å²) in [5.41, 5.74) is 0. The predicted octanol–water partition coefficient (Wildman–Crippen LogP) is -7.66. The summed E-state index contributed by atoms with van der Waals surface area (Å²) in [6, 6.07) is -2.85. The number of rotatable bonds is 8. The first-order valence-electron chi connectivity index (χ1n) is 16.1. The van der Waals surface area contributed by atoms with E-state index in [1.165, 1.54) is 14.2 Å². The van der Waals surface area contributed by atoms with E-state index in [0.717, 1.165) is 0 Å². The van der Waals surface area contributed by atoms with Gasteiger partial charge in [0, 0.05) is 53.2 Å². The molecule has 0 aromatic rings. The highest BCUT2D eigenvalue weighted by Gasteiger charge is 2.45. The van der Waals surface area contributed by atoms with E-state index < -0.39 is 136 Å². The van der Waals surface area contributed by atoms with E-state index in [-0.39, 0.29) is 25.9 Å². The quantitative estimate of drug-likeness (QED) is 0.109. The van der Waals surface area contributed by atoms with Crippen LogP contribution in [0.15, 0.2) is 0 Å². The minimum atomic E-state index is -1.67. The van der Waals surface area contributed by atoms with Crippen molar-refractivity contribution in [3.8, 4) is 0 Å². The molecule has 0 aromatic carbocycles. The average Bonchev–Trinajstić information content (AvgIpc) is 3.11. The maximum atomic E-state index is 12.9. The fourth-order valence-corrected chi connectivity index (χ4v) is 5.05. The number of aliphatic hydroxyl groups is 6. The fourth-order valence-electron chi connectivity index (χ4n) is 5.05. The summed E-state index contributed by atoms with van der Waals surface area (Å²) in [4.78, 5) is 75.8. The number of hydrogen-bond donors (Lipinski definition) is 12. The zero-order valence-corrected chi connectivity index (χ0v) is 28.2. The minimum absolute atomic E-state index is 0.272. The maximum absolute atomic E-state index is 12.9. The minimum Gasteiger partial charge on any atom is -0.447 e. The molecule has 0 aromatic heterocycles. The van der Waals surface area contributed by atoms with Gasteiger partial charge in [-0.2, -0.15) is 0 Å². The second kappa shape index (κ2) is 20.3. The Labute approximate surface area is 295 Å². The summed E-state index contributed by atoms with van der Waals surface area (Å²) >= 11 is 0. The van der Waals surface area contributed by atoms with Crippen molar-refractivity contribution in [1.29, 1.82) is 0 Å². The number of alkyl carbamates (subject to hydrolysis) is 2. The Hall–Kier alpha value is -3.98. The van der Waals surface area contributed by atoms with Gasteiger partial charge in [0.25, 0.3) is 0 Å². The predicted molar refractivity (Wildman–Crippen MR) is 165 cm³/mol. The van der Waals surface area contributed by atoms with Crippen molar-refractivity contribution < 1.29 is 87.8 Å². The van der Waals surface area contributed by atoms with Gasteiger partial charge in [0.05, 0.1) is 0 Å². The SMILES string of the molecule is CO[C@H]1O[C@H](COC(=O)NC2CNC(=O)CCNC(=O)[C@@H](NC(=O)OC[C@H]3O[C@H](OC)[C@H](O)[C@@H](O)[C@H]3O)CNC(=O)CCNC2=O)[C@@H](O)[C@H](O)[C@@H]1O. The topological polar surface area (TPSA) is 351 Å². The van der Waals surface area contributed by atoms with E-state index >= 15 is 0 Å². The summed E-state index contributed by atoms with van der Waals surface area (Å²) in [6.45, 7) is -2.73. The maximum Gasteiger partial charge on any atom is 0.407 e. The zero-order chi connectivity index (χ0) is 38.5. The van der Waals surface area contributed by atoms with Crippen molar-refractivity contribution in [2.24, 2.45) is 0 Å². The molecule has 12 atom stereocenters. The summed E-state index contributed by atoms with van der Waals surface area (Å²) in [6.07, 6.45) is -18.1. The van der Waals surface area contributed by atoms with Crippen LogP contribution in [0.3, 0.4) is 0 Å². The summed E-state index contributed by atoms with van der Waals surface area (Å²) in [5.74, 6) is -2.99. The monoisotopic (exact) mass is 754 g/mol. The van der Waals surface area contributed by atoms with E-state index in [0.29, 0.717) is 0 Å². The molecule has 24 nitrogen and oxygen atoms in total. The van der Waals surface area contributed by atoms with E-state index in [4.69, 9.17) is 28.4 Å². The van der Waals surface area contributed by atoms with Gasteiger partial charge in [-0.15, -0.1) is 0 Å².